The molecule has 172 valence electrons. The first-order chi connectivity index (χ1) is 16.3. The molecular formula is C24H19F2N5O3. The average Bonchev–Trinajstić information content (AvgIpc) is 3.34. The first kappa shape index (κ1) is 22.6. The van der Waals surface area contributed by atoms with Crippen LogP contribution in [0.5, 0.6) is 23.3 Å². The van der Waals surface area contributed by atoms with E-state index in [0.717, 1.165) is 0 Å². The molecule has 0 fully saturated rings. The Morgan fingerprint density at radius 3 is 2.18 bits per heavy atom. The third kappa shape index (κ3) is 4.90. The van der Waals surface area contributed by atoms with Gasteiger partial charge in [0.15, 0.2) is 17.4 Å². The van der Waals surface area contributed by atoms with Gasteiger partial charge in [-0.2, -0.15) is 4.98 Å². The maximum atomic E-state index is 14.7. The molecule has 8 nitrogen and oxygen atoms in total. The highest BCUT2D eigenvalue weighted by atomic mass is 19.1. The van der Waals surface area contributed by atoms with Gasteiger partial charge in [0.2, 0.25) is 0 Å². The number of aromatic nitrogens is 3. The van der Waals surface area contributed by atoms with Gasteiger partial charge in [-0.1, -0.05) is 24.3 Å². The summed E-state index contributed by atoms with van der Waals surface area (Å²) >= 11 is 0. The third-order valence-electron chi connectivity index (χ3n) is 4.85. The lowest BCUT2D eigenvalue weighted by atomic mass is 10.1. The summed E-state index contributed by atoms with van der Waals surface area (Å²) in [5.41, 5.74) is 5.82. The number of imidazole rings is 1. The number of amidine groups is 1. The number of nitrogens with zero attached hydrogens (tertiary/aromatic N) is 3. The van der Waals surface area contributed by atoms with Crippen molar-refractivity contribution in [3.05, 3.63) is 95.6 Å². The number of nitrogen functional groups attached to an aromatic ring is 1. The number of nitrogens with one attached hydrogen (secondary N) is 1. The van der Waals surface area contributed by atoms with Crippen LogP contribution in [0, 0.1) is 24.0 Å². The smallest absolute Gasteiger partial charge is 0.259 e. The van der Waals surface area contributed by atoms with Gasteiger partial charge in [0, 0.05) is 29.1 Å². The molecule has 0 unspecified atom stereocenters. The summed E-state index contributed by atoms with van der Waals surface area (Å²) in [5.74, 6) is -3.14. The summed E-state index contributed by atoms with van der Waals surface area (Å²) in [6, 6.07) is 12.2. The van der Waals surface area contributed by atoms with Crippen LogP contribution in [-0.4, -0.2) is 26.2 Å². The summed E-state index contributed by atoms with van der Waals surface area (Å²) in [4.78, 5) is 20.3. The van der Waals surface area contributed by atoms with E-state index in [4.69, 9.17) is 20.6 Å². The van der Waals surface area contributed by atoms with Crippen molar-refractivity contribution in [2.24, 2.45) is 5.73 Å². The summed E-state index contributed by atoms with van der Waals surface area (Å²) in [6.45, 7) is 1.30. The van der Waals surface area contributed by atoms with E-state index in [2.05, 4.69) is 9.97 Å². The molecule has 4 aromatic rings. The van der Waals surface area contributed by atoms with Crippen molar-refractivity contribution in [2.75, 3.05) is 0 Å². The summed E-state index contributed by atoms with van der Waals surface area (Å²) in [6.07, 6.45) is 4.74. The molecule has 2 heterocycles. The number of carbonyl (C=O) groups excluding carboxylic acids is 1. The zero-order chi connectivity index (χ0) is 24.2. The summed E-state index contributed by atoms with van der Waals surface area (Å²) in [5, 5.41) is 7.51. The Kier molecular flexibility index (Phi) is 6.30. The van der Waals surface area contributed by atoms with Crippen molar-refractivity contribution < 1.29 is 23.0 Å². The number of hydrogen-bond acceptors (Lipinski definition) is 6. The number of ketones is 1. The lowest BCUT2D eigenvalue weighted by Gasteiger charge is -2.13. The Morgan fingerprint density at radius 2 is 1.62 bits per heavy atom. The van der Waals surface area contributed by atoms with Crippen LogP contribution < -0.4 is 15.2 Å². The molecule has 0 bridgehead atoms. The van der Waals surface area contributed by atoms with Crippen LogP contribution in [0.3, 0.4) is 0 Å². The minimum absolute atomic E-state index is 0.0725. The van der Waals surface area contributed by atoms with Crippen molar-refractivity contribution in [1.29, 1.82) is 5.41 Å². The Hall–Kier alpha value is -4.60. The second kappa shape index (κ2) is 9.49. The second-order valence-electron chi connectivity index (χ2n) is 7.31. The summed E-state index contributed by atoms with van der Waals surface area (Å²) in [7, 11) is 0. The fourth-order valence-corrected chi connectivity index (χ4v) is 3.06. The van der Waals surface area contributed by atoms with Crippen LogP contribution in [0.2, 0.25) is 0 Å². The standard InChI is InChI=1S/C24H19F2N5O3/c1-14-20(25)23(30-24(21(14)26)34-18-7-3-5-16(11-18)22(27)28)33-17-6-2-4-15(10-17)19(32)12-31-9-8-29-13-31/h2-11,13H,12H2,1H3,(H3,27,28). The van der Waals surface area contributed by atoms with E-state index >= 15 is 0 Å². The molecule has 2 aromatic carbocycles. The molecule has 0 atom stereocenters. The number of pyridine rings is 1. The molecule has 2 aromatic heterocycles. The van der Waals surface area contributed by atoms with E-state index in [9.17, 15) is 13.6 Å². The lowest BCUT2D eigenvalue weighted by Crippen LogP contribution is -2.10. The first-order valence-corrected chi connectivity index (χ1v) is 10.1. The number of ether oxygens (including phenoxy) is 2. The average molecular weight is 463 g/mol. The fourth-order valence-electron chi connectivity index (χ4n) is 3.06. The van der Waals surface area contributed by atoms with E-state index < -0.39 is 23.4 Å². The number of carbonyl (C=O) groups is 1. The van der Waals surface area contributed by atoms with E-state index in [-0.39, 0.29) is 35.2 Å². The molecular weight excluding hydrogens is 444 g/mol. The lowest BCUT2D eigenvalue weighted by molar-refractivity contribution is 0.0971. The van der Waals surface area contributed by atoms with E-state index in [0.29, 0.717) is 11.1 Å². The van der Waals surface area contributed by atoms with Crippen molar-refractivity contribution in [2.45, 2.75) is 13.5 Å². The van der Waals surface area contributed by atoms with Crippen molar-refractivity contribution in [3.8, 4) is 23.3 Å². The Bertz CT molecular complexity index is 1370. The molecule has 34 heavy (non-hydrogen) atoms. The van der Waals surface area contributed by atoms with Crippen molar-refractivity contribution in [1.82, 2.24) is 14.5 Å². The van der Waals surface area contributed by atoms with Gasteiger partial charge < -0.3 is 19.8 Å². The highest BCUT2D eigenvalue weighted by Crippen LogP contribution is 2.33. The SMILES string of the molecule is Cc1c(F)c(Oc2cccc(C(=N)N)c2)nc(Oc2cccc(C(=O)Cn3ccnc3)c2)c1F. The van der Waals surface area contributed by atoms with Gasteiger partial charge in [0.25, 0.3) is 11.8 Å². The van der Waals surface area contributed by atoms with Gasteiger partial charge in [-0.15, -0.1) is 0 Å². The van der Waals surface area contributed by atoms with Crippen LogP contribution in [0.15, 0.2) is 67.3 Å². The number of rotatable bonds is 8. The Labute approximate surface area is 193 Å². The normalized spacial score (nSPS) is 10.7. The maximum absolute atomic E-state index is 14.7. The minimum atomic E-state index is -1.00. The monoisotopic (exact) mass is 463 g/mol. The van der Waals surface area contributed by atoms with Crippen LogP contribution in [-0.2, 0) is 6.54 Å². The summed E-state index contributed by atoms with van der Waals surface area (Å²) < 4.78 is 42.1. The molecule has 0 aliphatic carbocycles. The fraction of sp³-hybridized carbons (Fsp3) is 0.0833. The van der Waals surface area contributed by atoms with E-state index in [1.165, 1.54) is 37.5 Å². The molecule has 4 rings (SSSR count). The largest absolute Gasteiger partial charge is 0.436 e. The van der Waals surface area contributed by atoms with Gasteiger partial charge in [-0.05, 0) is 31.2 Å². The number of hydrogen-bond donors (Lipinski definition) is 2. The second-order valence-corrected chi connectivity index (χ2v) is 7.31. The van der Waals surface area contributed by atoms with Gasteiger partial charge >= 0.3 is 0 Å². The van der Waals surface area contributed by atoms with Gasteiger partial charge in [0.05, 0.1) is 12.9 Å². The highest BCUT2D eigenvalue weighted by molar-refractivity contribution is 5.96. The zero-order valence-corrected chi connectivity index (χ0v) is 18.0. The zero-order valence-electron chi connectivity index (χ0n) is 18.0. The number of benzene rings is 2. The van der Waals surface area contributed by atoms with Crippen LogP contribution >= 0.6 is 0 Å². The molecule has 3 N–H and O–H groups in total. The molecule has 0 spiro atoms. The van der Waals surface area contributed by atoms with E-state index in [1.54, 1.807) is 41.2 Å². The molecule has 0 aliphatic rings. The molecule has 0 radical (unpaired) electrons. The Morgan fingerprint density at radius 1 is 1.03 bits per heavy atom. The molecule has 0 aliphatic heterocycles. The van der Waals surface area contributed by atoms with Crippen LogP contribution in [0.4, 0.5) is 8.78 Å². The van der Waals surface area contributed by atoms with Crippen LogP contribution in [0.1, 0.15) is 21.5 Å². The van der Waals surface area contributed by atoms with E-state index in [1.807, 2.05) is 0 Å². The van der Waals surface area contributed by atoms with Gasteiger partial charge in [-0.25, -0.2) is 13.8 Å². The predicted octanol–water partition coefficient (Wildman–Crippen LogP) is 4.62. The molecule has 0 saturated carbocycles. The van der Waals surface area contributed by atoms with Gasteiger partial charge in [-0.3, -0.25) is 10.2 Å². The number of Topliss-reactive ketones (excluding diaryl/α,β-unsaturated/α-hetero) is 1. The molecule has 0 amide bonds. The molecule has 10 heteroatoms. The third-order valence-corrected chi connectivity index (χ3v) is 4.85. The minimum Gasteiger partial charge on any atom is -0.436 e. The quantitative estimate of drug-likeness (QED) is 0.224. The predicted molar refractivity (Wildman–Crippen MR) is 119 cm³/mol. The van der Waals surface area contributed by atoms with Crippen molar-refractivity contribution >= 4 is 11.6 Å². The topological polar surface area (TPSA) is 116 Å². The number of nitrogens with two attached hydrogens (primary N) is 1. The molecule has 0 saturated heterocycles. The van der Waals surface area contributed by atoms with Crippen LogP contribution in [0.25, 0.3) is 0 Å². The Balaban J connectivity index is 1.60. The highest BCUT2D eigenvalue weighted by Gasteiger charge is 2.21. The van der Waals surface area contributed by atoms with Gasteiger partial charge in [0.1, 0.15) is 17.3 Å². The maximum Gasteiger partial charge on any atom is 0.259 e. The first-order valence-electron chi connectivity index (χ1n) is 10.1. The van der Waals surface area contributed by atoms with Crippen molar-refractivity contribution in [3.63, 3.8) is 0 Å². The number of halogens is 2.